The summed E-state index contributed by atoms with van der Waals surface area (Å²) >= 11 is 0. The van der Waals surface area contributed by atoms with E-state index in [1.54, 1.807) is 0 Å². The quantitative estimate of drug-likeness (QED) is 0.358. The minimum atomic E-state index is -0.0746. The third-order valence-corrected chi connectivity index (χ3v) is 10.2. The number of fused-ring (bicyclic) bond motifs is 2. The molecule has 210 valence electrons. The Kier molecular flexibility index (Phi) is 8.00. The van der Waals surface area contributed by atoms with Gasteiger partial charge in [0.1, 0.15) is 0 Å². The van der Waals surface area contributed by atoms with Crippen LogP contribution in [0.2, 0.25) is 0 Å². The second kappa shape index (κ2) is 11.6. The average Bonchev–Trinajstić information content (AvgIpc) is 3.63. The van der Waals surface area contributed by atoms with Crippen LogP contribution in [0.15, 0.2) is 60.7 Å². The van der Waals surface area contributed by atoms with Gasteiger partial charge in [-0.15, -0.1) is 0 Å². The first kappa shape index (κ1) is 26.8. The summed E-state index contributed by atoms with van der Waals surface area (Å²) in [6.45, 7) is 10.9. The molecule has 5 atom stereocenters. The van der Waals surface area contributed by atoms with Crippen molar-refractivity contribution in [2.45, 2.75) is 89.6 Å². The van der Waals surface area contributed by atoms with E-state index in [0.29, 0.717) is 17.9 Å². The Labute approximate surface area is 235 Å². The van der Waals surface area contributed by atoms with Crippen molar-refractivity contribution >= 4 is 6.09 Å². The van der Waals surface area contributed by atoms with Gasteiger partial charge in [-0.2, -0.15) is 0 Å². The van der Waals surface area contributed by atoms with E-state index >= 15 is 0 Å². The lowest BCUT2D eigenvalue weighted by Gasteiger charge is -2.48. The summed E-state index contributed by atoms with van der Waals surface area (Å²) in [7, 11) is 0. The number of likely N-dealkylation sites (tertiary alicyclic amines) is 1. The summed E-state index contributed by atoms with van der Waals surface area (Å²) < 4.78 is 7.04. The maximum Gasteiger partial charge on any atom is 0.414 e. The van der Waals surface area contributed by atoms with Crippen LogP contribution >= 0.6 is 0 Å². The van der Waals surface area contributed by atoms with Crippen molar-refractivity contribution in [3.63, 3.8) is 0 Å². The zero-order valence-corrected chi connectivity index (χ0v) is 24.1. The molecule has 1 amide bonds. The maximum atomic E-state index is 13.7. The van der Waals surface area contributed by atoms with Crippen molar-refractivity contribution in [1.29, 1.82) is 0 Å². The van der Waals surface area contributed by atoms with Crippen LogP contribution < -0.4 is 0 Å². The van der Waals surface area contributed by atoms with E-state index in [1.807, 2.05) is 13.8 Å². The number of hydrogen-bond donors (Lipinski definition) is 0. The van der Waals surface area contributed by atoms with E-state index in [-0.39, 0.29) is 18.4 Å². The first-order chi connectivity index (χ1) is 19.0. The topological polar surface area (TPSA) is 32.8 Å². The van der Waals surface area contributed by atoms with Gasteiger partial charge in [-0.3, -0.25) is 9.80 Å². The molecule has 3 heterocycles. The Morgan fingerprint density at radius 3 is 2.38 bits per heavy atom. The van der Waals surface area contributed by atoms with Crippen molar-refractivity contribution in [2.75, 3.05) is 32.7 Å². The fraction of sp³-hybridized carbons (Fsp3) is 0.618. The van der Waals surface area contributed by atoms with Crippen molar-refractivity contribution in [3.05, 3.63) is 71.8 Å². The minimum absolute atomic E-state index is 0.0521. The lowest BCUT2D eigenvalue weighted by Crippen LogP contribution is -2.64. The van der Waals surface area contributed by atoms with Gasteiger partial charge >= 0.3 is 6.09 Å². The molecule has 0 radical (unpaired) electrons. The number of rotatable bonds is 8. The Balaban J connectivity index is 1.27. The molecule has 5 heteroatoms. The van der Waals surface area contributed by atoms with Gasteiger partial charge in [0.25, 0.3) is 0 Å². The van der Waals surface area contributed by atoms with Crippen molar-refractivity contribution in [3.8, 4) is 0 Å². The van der Waals surface area contributed by atoms with E-state index < -0.39 is 0 Å². The summed E-state index contributed by atoms with van der Waals surface area (Å²) in [5, 5.41) is 0. The molecule has 3 aliphatic heterocycles. The summed E-state index contributed by atoms with van der Waals surface area (Å²) in [6, 6.07) is 22.5. The van der Waals surface area contributed by atoms with E-state index in [9.17, 15) is 4.79 Å². The van der Waals surface area contributed by atoms with Gasteiger partial charge in [-0.25, -0.2) is 4.79 Å². The summed E-state index contributed by atoms with van der Waals surface area (Å²) in [5.74, 6) is 1.86. The molecule has 2 aromatic carbocycles. The monoisotopic (exact) mass is 530 g/mol. The molecule has 3 saturated heterocycles. The van der Waals surface area contributed by atoms with Crippen molar-refractivity contribution in [2.24, 2.45) is 11.8 Å². The molecule has 0 aromatic heterocycles. The third kappa shape index (κ3) is 5.76. The van der Waals surface area contributed by atoms with Gasteiger partial charge in [0.05, 0.1) is 25.7 Å². The highest BCUT2D eigenvalue weighted by Gasteiger charge is 2.58. The highest BCUT2D eigenvalue weighted by atomic mass is 16.6. The molecule has 2 bridgehead atoms. The number of benzene rings is 2. The zero-order chi connectivity index (χ0) is 26.8. The summed E-state index contributed by atoms with van der Waals surface area (Å²) in [6.07, 6.45) is 8.65. The highest BCUT2D eigenvalue weighted by Crippen LogP contribution is 2.47. The molecule has 2 aromatic rings. The second-order valence-corrected chi connectivity index (χ2v) is 13.3. The van der Waals surface area contributed by atoms with Gasteiger partial charge in [-0.1, -0.05) is 79.9 Å². The summed E-state index contributed by atoms with van der Waals surface area (Å²) in [5.41, 5.74) is 2.88. The first-order valence-electron chi connectivity index (χ1n) is 15.7. The first-order valence-corrected chi connectivity index (χ1v) is 15.7. The molecule has 1 aliphatic carbocycles. The van der Waals surface area contributed by atoms with E-state index in [1.165, 1.54) is 56.4 Å². The van der Waals surface area contributed by atoms with Gasteiger partial charge in [0, 0.05) is 56.3 Å². The number of nitrogens with zero attached hydrogens (tertiary/aromatic N) is 3. The van der Waals surface area contributed by atoms with Crippen LogP contribution in [-0.2, 0) is 11.3 Å². The van der Waals surface area contributed by atoms with Crippen molar-refractivity contribution in [1.82, 2.24) is 9.80 Å². The summed E-state index contributed by atoms with van der Waals surface area (Å²) in [4.78, 5) is 18.7. The smallest absolute Gasteiger partial charge is 0.414 e. The van der Waals surface area contributed by atoms with Crippen LogP contribution in [0.1, 0.15) is 75.8 Å². The highest BCUT2D eigenvalue weighted by molar-refractivity contribution is 5.68. The van der Waals surface area contributed by atoms with Gasteiger partial charge < -0.3 is 9.22 Å². The Morgan fingerprint density at radius 1 is 0.974 bits per heavy atom. The Bertz CT molecular complexity index is 1090. The number of ether oxygens (including phenoxy) is 1. The molecular formula is C34H48N3O2+. The number of carbonyl (C=O) groups is 1. The number of amides is 1. The molecule has 1 saturated carbocycles. The number of quaternary nitrogens is 1. The molecule has 0 spiro atoms. The SMILES string of the molecule is CC(C)OC(=O)N(C1CCCCC1)C1CC2CC[N+]1(CC1CN(Cc3ccccc3)CC1c1ccccc1)C2. The predicted octanol–water partition coefficient (Wildman–Crippen LogP) is 6.65. The largest absolute Gasteiger partial charge is 0.447 e. The molecular weight excluding hydrogens is 482 g/mol. The second-order valence-electron chi connectivity index (χ2n) is 13.3. The third-order valence-electron chi connectivity index (χ3n) is 10.2. The molecule has 4 aliphatic rings. The van der Waals surface area contributed by atoms with Gasteiger partial charge in [0.15, 0.2) is 6.17 Å². The van der Waals surface area contributed by atoms with Crippen LogP contribution in [0.3, 0.4) is 0 Å². The molecule has 4 fully saturated rings. The average molecular weight is 531 g/mol. The molecule has 5 unspecified atom stereocenters. The fourth-order valence-electron chi connectivity index (χ4n) is 8.58. The van der Waals surface area contributed by atoms with Crippen LogP contribution in [0.25, 0.3) is 0 Å². The van der Waals surface area contributed by atoms with Gasteiger partial charge in [0.2, 0.25) is 0 Å². The van der Waals surface area contributed by atoms with Gasteiger partial charge in [-0.05, 0) is 37.8 Å². The minimum Gasteiger partial charge on any atom is -0.447 e. The lowest BCUT2D eigenvalue weighted by atomic mass is 9.87. The van der Waals surface area contributed by atoms with E-state index in [2.05, 4.69) is 70.5 Å². The van der Waals surface area contributed by atoms with E-state index in [0.717, 1.165) is 49.3 Å². The Hall–Kier alpha value is -2.37. The lowest BCUT2D eigenvalue weighted by molar-refractivity contribution is -0.945. The predicted molar refractivity (Wildman–Crippen MR) is 156 cm³/mol. The van der Waals surface area contributed by atoms with E-state index in [4.69, 9.17) is 4.74 Å². The fourth-order valence-corrected chi connectivity index (χ4v) is 8.58. The standard InChI is InChI=1S/C34H48N3O2/c1-26(2)39-34(38)36(31-16-10-5-11-17-31)33-20-28-18-19-37(33,24-28)25-30-22-35(21-27-12-6-3-7-13-27)23-32(30)29-14-8-4-9-15-29/h3-4,6-9,12-15,26,28,30-33H,5,10-11,16-25H2,1-2H3/q+1. The van der Waals surface area contributed by atoms with Crippen molar-refractivity contribution < 1.29 is 14.0 Å². The number of hydrogen-bond acceptors (Lipinski definition) is 3. The molecule has 6 rings (SSSR count). The maximum absolute atomic E-state index is 13.7. The molecule has 39 heavy (non-hydrogen) atoms. The van der Waals surface area contributed by atoms with Crippen LogP contribution in [0.4, 0.5) is 4.79 Å². The normalized spacial score (nSPS) is 31.2. The van der Waals surface area contributed by atoms with Crippen LogP contribution in [0.5, 0.6) is 0 Å². The number of carbonyl (C=O) groups excluding carboxylic acids is 1. The Morgan fingerprint density at radius 2 is 1.69 bits per heavy atom. The molecule has 0 N–H and O–H groups in total. The van der Waals surface area contributed by atoms with Crippen LogP contribution in [-0.4, -0.2) is 71.4 Å². The number of piperidine rings is 1. The molecule has 5 nitrogen and oxygen atoms in total. The van der Waals surface area contributed by atoms with Crippen LogP contribution in [0, 0.1) is 11.8 Å². The zero-order valence-electron chi connectivity index (χ0n) is 24.1.